The average Bonchev–Trinajstić information content (AvgIpc) is 2.76. The quantitative estimate of drug-likeness (QED) is 0.749. The predicted molar refractivity (Wildman–Crippen MR) is 106 cm³/mol. The Kier molecular flexibility index (Phi) is 6.25. The molecule has 0 spiro atoms. The van der Waals surface area contributed by atoms with Crippen molar-refractivity contribution in [1.29, 1.82) is 0 Å². The lowest BCUT2D eigenvalue weighted by Crippen LogP contribution is -2.62. The van der Waals surface area contributed by atoms with Gasteiger partial charge in [-0.25, -0.2) is 9.78 Å². The van der Waals surface area contributed by atoms with E-state index in [4.69, 9.17) is 9.47 Å². The predicted octanol–water partition coefficient (Wildman–Crippen LogP) is 3.41. The number of piperidine rings is 1. The Morgan fingerprint density at radius 1 is 1.16 bits per heavy atom. The van der Waals surface area contributed by atoms with Gasteiger partial charge in [0.15, 0.2) is 6.61 Å². The molecule has 2 fully saturated rings. The topological polar surface area (TPSA) is 81.1 Å². The number of ether oxygens (including phenoxy) is 3. The van der Waals surface area contributed by atoms with Crippen LogP contribution in [0, 0.1) is 0 Å². The summed E-state index contributed by atoms with van der Waals surface area (Å²) in [5, 5.41) is 11.3. The molecule has 2 atom stereocenters. The molecule has 10 heteroatoms. The fourth-order valence-corrected chi connectivity index (χ4v) is 4.20. The normalized spacial score (nSPS) is 25.3. The Bertz CT molecular complexity index is 909. The van der Waals surface area contributed by atoms with Gasteiger partial charge in [-0.05, 0) is 11.6 Å². The summed E-state index contributed by atoms with van der Waals surface area (Å²) in [6, 6.07) is 11.3. The number of hydrogen-bond donors (Lipinski definition) is 1. The summed E-state index contributed by atoms with van der Waals surface area (Å²) in [6.45, 7) is -0.798. The largest absolute Gasteiger partial charge is 0.468 e. The molecule has 1 aromatic heterocycles. The second kappa shape index (κ2) is 8.95. The van der Waals surface area contributed by atoms with Crippen molar-refractivity contribution in [3.05, 3.63) is 59.8 Å². The second-order valence-electron chi connectivity index (χ2n) is 8.02. The molecule has 2 saturated heterocycles. The van der Waals surface area contributed by atoms with Crippen LogP contribution in [-0.2, 0) is 21.7 Å². The van der Waals surface area contributed by atoms with Crippen LogP contribution in [0.1, 0.15) is 24.0 Å². The Balaban J connectivity index is 1.42. The van der Waals surface area contributed by atoms with Gasteiger partial charge in [0.1, 0.15) is 6.61 Å². The number of morpholine rings is 1. The van der Waals surface area contributed by atoms with Crippen LogP contribution >= 0.6 is 0 Å². The number of halogens is 3. The molecule has 0 aliphatic carbocycles. The van der Waals surface area contributed by atoms with E-state index in [9.17, 15) is 23.1 Å². The van der Waals surface area contributed by atoms with Crippen molar-refractivity contribution in [3.8, 4) is 5.88 Å². The number of hydrogen-bond acceptors (Lipinski definition) is 6. The van der Waals surface area contributed by atoms with Crippen LogP contribution in [0.4, 0.5) is 18.0 Å². The van der Waals surface area contributed by atoms with E-state index in [1.807, 2.05) is 30.3 Å². The number of aliphatic hydroxyl groups is 1. The van der Waals surface area contributed by atoms with Crippen LogP contribution in [0.2, 0.25) is 0 Å². The number of carbonyl (C=O) groups excluding carboxylic acids is 1. The van der Waals surface area contributed by atoms with Crippen molar-refractivity contribution in [2.45, 2.75) is 43.3 Å². The third-order valence-corrected chi connectivity index (χ3v) is 5.63. The van der Waals surface area contributed by atoms with Crippen LogP contribution in [0.25, 0.3) is 0 Å². The van der Waals surface area contributed by atoms with Gasteiger partial charge in [0, 0.05) is 30.7 Å². The van der Waals surface area contributed by atoms with Gasteiger partial charge >= 0.3 is 12.3 Å². The third kappa shape index (κ3) is 5.13. The lowest BCUT2D eigenvalue weighted by molar-refractivity contribution is -0.154. The minimum atomic E-state index is -4.46. The van der Waals surface area contributed by atoms with E-state index in [0.717, 1.165) is 5.56 Å². The molecule has 3 heterocycles. The zero-order valence-corrected chi connectivity index (χ0v) is 17.1. The van der Waals surface area contributed by atoms with E-state index in [2.05, 4.69) is 9.72 Å². The monoisotopic (exact) mass is 452 g/mol. The van der Waals surface area contributed by atoms with Gasteiger partial charge < -0.3 is 19.3 Å². The first kappa shape index (κ1) is 22.3. The van der Waals surface area contributed by atoms with E-state index < -0.39 is 36.6 Å². The van der Waals surface area contributed by atoms with Gasteiger partial charge in [0.2, 0.25) is 5.88 Å². The van der Waals surface area contributed by atoms with E-state index in [-0.39, 0.29) is 38.5 Å². The first-order chi connectivity index (χ1) is 15.2. The van der Waals surface area contributed by atoms with Gasteiger partial charge in [0.05, 0.1) is 30.9 Å². The van der Waals surface area contributed by atoms with Crippen molar-refractivity contribution < 1.29 is 37.3 Å². The molecule has 0 saturated carbocycles. The lowest BCUT2D eigenvalue weighted by Gasteiger charge is -2.50. The number of fused-ring (bicyclic) bond motifs is 2. The van der Waals surface area contributed by atoms with E-state index >= 15 is 0 Å². The fourth-order valence-electron chi connectivity index (χ4n) is 4.20. The van der Waals surface area contributed by atoms with Gasteiger partial charge in [0.25, 0.3) is 0 Å². The first-order valence-electron chi connectivity index (χ1n) is 10.2. The number of benzene rings is 1. The lowest BCUT2D eigenvalue weighted by atomic mass is 9.77. The highest BCUT2D eigenvalue weighted by atomic mass is 19.4. The molecule has 1 amide bonds. The number of nitrogens with zero attached hydrogens (tertiary/aromatic N) is 2. The highest BCUT2D eigenvalue weighted by molar-refractivity contribution is 5.69. The molecular weight excluding hydrogens is 429 g/mol. The molecule has 1 aromatic carbocycles. The van der Waals surface area contributed by atoms with Gasteiger partial charge in [-0.15, -0.1) is 0 Å². The number of rotatable bonds is 5. The summed E-state index contributed by atoms with van der Waals surface area (Å²) >= 11 is 0. The molecule has 2 bridgehead atoms. The van der Waals surface area contributed by atoms with Crippen molar-refractivity contribution in [3.63, 3.8) is 0 Å². The zero-order chi connectivity index (χ0) is 22.8. The fraction of sp³-hybridized carbons (Fsp3) is 0.455. The summed E-state index contributed by atoms with van der Waals surface area (Å²) in [6.07, 6.45) is -3.24. The van der Waals surface area contributed by atoms with Gasteiger partial charge in [-0.2, -0.15) is 13.2 Å². The molecule has 1 N–H and O–H groups in total. The Morgan fingerprint density at radius 2 is 1.84 bits per heavy atom. The molecule has 0 radical (unpaired) electrons. The molecule has 2 unspecified atom stereocenters. The number of pyridine rings is 1. The summed E-state index contributed by atoms with van der Waals surface area (Å²) in [5.74, 6) is -0.180. The Morgan fingerprint density at radius 3 is 2.44 bits per heavy atom. The van der Waals surface area contributed by atoms with Crippen LogP contribution in [0.15, 0.2) is 48.7 Å². The first-order valence-corrected chi connectivity index (χ1v) is 10.2. The summed E-state index contributed by atoms with van der Waals surface area (Å²) in [4.78, 5) is 18.3. The van der Waals surface area contributed by atoms with Crippen LogP contribution in [-0.4, -0.2) is 59.2 Å². The maximum Gasteiger partial charge on any atom is 0.422 e. The summed E-state index contributed by atoms with van der Waals surface area (Å²) in [7, 11) is 0. The highest BCUT2D eigenvalue weighted by Crippen LogP contribution is 2.41. The number of carbonyl (C=O) groups is 1. The second-order valence-corrected chi connectivity index (χ2v) is 8.02. The van der Waals surface area contributed by atoms with E-state index in [0.29, 0.717) is 5.56 Å². The maximum absolute atomic E-state index is 12.8. The molecule has 4 rings (SSSR count). The maximum atomic E-state index is 12.8. The molecule has 7 nitrogen and oxygen atoms in total. The zero-order valence-electron chi connectivity index (χ0n) is 17.1. The van der Waals surface area contributed by atoms with Crippen molar-refractivity contribution in [2.75, 3.05) is 19.8 Å². The Labute approximate surface area is 182 Å². The van der Waals surface area contributed by atoms with Crippen molar-refractivity contribution in [2.24, 2.45) is 0 Å². The number of aromatic nitrogens is 1. The Hall–Kier alpha value is -2.85. The summed E-state index contributed by atoms with van der Waals surface area (Å²) < 4.78 is 52.6. The van der Waals surface area contributed by atoms with Crippen LogP contribution in [0.5, 0.6) is 5.88 Å². The van der Waals surface area contributed by atoms with Crippen molar-refractivity contribution >= 4 is 6.09 Å². The molecule has 2 aromatic rings. The molecule has 2 aliphatic heterocycles. The van der Waals surface area contributed by atoms with Gasteiger partial charge in [-0.1, -0.05) is 30.3 Å². The molecule has 172 valence electrons. The molecular formula is C22H23F3N2O5. The average molecular weight is 452 g/mol. The van der Waals surface area contributed by atoms with Crippen molar-refractivity contribution in [1.82, 2.24) is 9.88 Å². The van der Waals surface area contributed by atoms with Gasteiger partial charge in [-0.3, -0.25) is 4.90 Å². The minimum Gasteiger partial charge on any atom is -0.468 e. The number of amides is 1. The molecule has 2 aliphatic rings. The van der Waals surface area contributed by atoms with E-state index in [1.54, 1.807) is 4.90 Å². The third-order valence-electron chi connectivity index (χ3n) is 5.63. The smallest absolute Gasteiger partial charge is 0.422 e. The standard InChI is InChI=1S/C22H23F3N2O5/c23-22(24,25)14-32-19-7-6-16(10-26-19)21(29)8-17-12-30-13-18(9-21)27(17)20(28)31-11-15-4-2-1-3-5-15/h1-7,10,17-18,29H,8-9,11-14H2. The molecule has 32 heavy (non-hydrogen) atoms. The summed E-state index contributed by atoms with van der Waals surface area (Å²) in [5.41, 5.74) is 0.0194. The minimum absolute atomic E-state index is 0.143. The van der Waals surface area contributed by atoms with E-state index in [1.165, 1.54) is 18.3 Å². The number of alkyl halides is 3. The SMILES string of the molecule is O=C(OCc1ccccc1)N1C2COCC1CC(O)(c1ccc(OCC(F)(F)F)nc1)C2. The van der Waals surface area contributed by atoms with Crippen LogP contribution < -0.4 is 4.74 Å². The van der Waals surface area contributed by atoms with Crippen LogP contribution in [0.3, 0.4) is 0 Å². The highest BCUT2D eigenvalue weighted by Gasteiger charge is 2.49.